The molecule has 3 aromatic heterocycles. The molecule has 3 N–H and O–H groups in total. The Morgan fingerprint density at radius 2 is 2.03 bits per heavy atom. The molecule has 0 saturated heterocycles. The van der Waals surface area contributed by atoms with E-state index in [9.17, 15) is 9.90 Å². The average molecular weight is 520 g/mol. The molecule has 0 amide bonds. The Kier molecular flexibility index (Phi) is 9.09. The molecule has 10 heteroatoms. The second-order valence-corrected chi connectivity index (χ2v) is 9.71. The molecule has 3 heterocycles. The van der Waals surface area contributed by atoms with Crippen LogP contribution in [0.15, 0.2) is 48.8 Å². The van der Waals surface area contributed by atoms with Crippen LogP contribution in [0.2, 0.25) is 0 Å². The molecule has 0 spiro atoms. The second-order valence-electron chi connectivity index (χ2n) is 9.71. The van der Waals surface area contributed by atoms with Crippen LogP contribution in [0.4, 0.5) is 5.69 Å². The first kappa shape index (κ1) is 27.3. The molecule has 202 valence electrons. The number of carbonyl (C=O) groups is 1. The van der Waals surface area contributed by atoms with Crippen molar-refractivity contribution in [2.24, 2.45) is 7.05 Å². The number of rotatable bonds is 14. The lowest BCUT2D eigenvalue weighted by molar-refractivity contribution is 0.0974. The molecule has 1 aromatic carbocycles. The minimum Gasteiger partial charge on any atom is -0.491 e. The van der Waals surface area contributed by atoms with Crippen molar-refractivity contribution in [3.63, 3.8) is 0 Å². The van der Waals surface area contributed by atoms with Crippen LogP contribution in [0.5, 0.6) is 5.75 Å². The van der Waals surface area contributed by atoms with Crippen LogP contribution < -0.4 is 15.4 Å². The predicted octanol–water partition coefficient (Wildman–Crippen LogP) is 3.84. The monoisotopic (exact) mass is 519 g/mol. The van der Waals surface area contributed by atoms with Gasteiger partial charge in [0.2, 0.25) is 0 Å². The number of Topliss-reactive ketones (excluding diaryl/α,β-unsaturated/α-hetero) is 1. The van der Waals surface area contributed by atoms with Gasteiger partial charge in [-0.15, -0.1) is 0 Å². The number of fused-ring (bicyclic) bond motifs is 1. The third-order valence-corrected chi connectivity index (χ3v) is 6.21. The Morgan fingerprint density at radius 3 is 2.76 bits per heavy atom. The quantitative estimate of drug-likeness (QED) is 0.170. The van der Waals surface area contributed by atoms with E-state index in [0.29, 0.717) is 31.0 Å². The van der Waals surface area contributed by atoms with E-state index in [0.717, 1.165) is 40.8 Å². The lowest BCUT2D eigenvalue weighted by Crippen LogP contribution is -2.29. The highest BCUT2D eigenvalue weighted by molar-refractivity contribution is 5.94. The van der Waals surface area contributed by atoms with Crippen LogP contribution in [0.3, 0.4) is 0 Å². The van der Waals surface area contributed by atoms with Crippen LogP contribution in [0.25, 0.3) is 22.3 Å². The van der Waals surface area contributed by atoms with Gasteiger partial charge in [0, 0.05) is 50.0 Å². The van der Waals surface area contributed by atoms with E-state index < -0.39 is 6.10 Å². The van der Waals surface area contributed by atoms with Gasteiger partial charge in [0.15, 0.2) is 11.4 Å². The van der Waals surface area contributed by atoms with Gasteiger partial charge < -0.3 is 20.5 Å². The highest BCUT2D eigenvalue weighted by Crippen LogP contribution is 2.31. The fraction of sp³-hybridized carbons (Fsp3) is 0.429. The fourth-order valence-electron chi connectivity index (χ4n) is 4.25. The molecule has 38 heavy (non-hydrogen) atoms. The first-order valence-electron chi connectivity index (χ1n) is 13.1. The number of nitrogens with zero attached hydrogens (tertiary/aromatic N) is 5. The van der Waals surface area contributed by atoms with Crippen LogP contribution in [0, 0.1) is 0 Å². The number of unbranched alkanes of at least 4 members (excludes halogenated alkanes) is 1. The molecule has 1 atom stereocenters. The molecule has 1 unspecified atom stereocenters. The molecule has 0 fully saturated rings. The summed E-state index contributed by atoms with van der Waals surface area (Å²) in [5.41, 5.74) is 3.98. The topological polar surface area (TPSA) is 119 Å². The normalized spacial score (nSPS) is 12.3. The number of nitrogens with one attached hydrogen (secondary N) is 2. The van der Waals surface area contributed by atoms with E-state index in [4.69, 9.17) is 9.72 Å². The van der Waals surface area contributed by atoms with Crippen LogP contribution in [0.1, 0.15) is 49.6 Å². The van der Waals surface area contributed by atoms with E-state index >= 15 is 0 Å². The Labute approximate surface area is 223 Å². The standard InChI is InChI=1S/C28H37N7O3/c1-19(2)35-28-23(17-31-35)26(30-12-6-5-10-27(37)24-11-13-34(4)33-24)15-25(32-28)20-8-7-9-22(14-20)38-18-21(36)16-29-3/h7-9,11,13-15,17,19,21,29,36H,5-6,10,12,16,18H2,1-4H3,(H,30,32). The van der Waals surface area contributed by atoms with Crippen molar-refractivity contribution in [1.82, 2.24) is 29.9 Å². The number of aliphatic hydroxyl groups excluding tert-OH is 1. The molecule has 0 bridgehead atoms. The summed E-state index contributed by atoms with van der Waals surface area (Å²) in [6.45, 7) is 5.54. The van der Waals surface area contributed by atoms with Crippen molar-refractivity contribution in [1.29, 1.82) is 0 Å². The van der Waals surface area contributed by atoms with Gasteiger partial charge in [-0.3, -0.25) is 9.48 Å². The summed E-state index contributed by atoms with van der Waals surface area (Å²) in [5, 5.41) is 26.2. The Bertz CT molecular complexity index is 1360. The summed E-state index contributed by atoms with van der Waals surface area (Å²) in [7, 11) is 3.60. The first-order chi connectivity index (χ1) is 18.4. The van der Waals surface area contributed by atoms with Gasteiger partial charge in [-0.2, -0.15) is 10.2 Å². The predicted molar refractivity (Wildman–Crippen MR) is 149 cm³/mol. The molecule has 10 nitrogen and oxygen atoms in total. The van der Waals surface area contributed by atoms with Gasteiger partial charge in [0.1, 0.15) is 24.2 Å². The molecule has 0 aliphatic carbocycles. The molecule has 4 rings (SSSR count). The maximum Gasteiger partial charge on any atom is 0.183 e. The first-order valence-corrected chi connectivity index (χ1v) is 13.1. The summed E-state index contributed by atoms with van der Waals surface area (Å²) in [5.74, 6) is 0.738. The number of likely N-dealkylation sites (N-methyl/N-ethyl adjacent to an activating group) is 1. The highest BCUT2D eigenvalue weighted by atomic mass is 16.5. The second kappa shape index (κ2) is 12.7. The third-order valence-electron chi connectivity index (χ3n) is 6.21. The molecule has 0 aliphatic rings. The van der Waals surface area contributed by atoms with Crippen molar-refractivity contribution in [2.45, 2.75) is 45.3 Å². The van der Waals surface area contributed by atoms with Crippen LogP contribution in [-0.2, 0) is 7.05 Å². The van der Waals surface area contributed by atoms with Crippen molar-refractivity contribution >= 4 is 22.5 Å². The highest BCUT2D eigenvalue weighted by Gasteiger charge is 2.15. The molecular weight excluding hydrogens is 482 g/mol. The Morgan fingerprint density at radius 1 is 1.18 bits per heavy atom. The van der Waals surface area contributed by atoms with Crippen molar-refractivity contribution in [2.75, 3.05) is 32.1 Å². The number of ketones is 1. The molecule has 0 aliphatic heterocycles. The van der Waals surface area contributed by atoms with E-state index in [1.165, 1.54) is 0 Å². The minimum absolute atomic E-state index is 0.0676. The lowest BCUT2D eigenvalue weighted by Gasteiger charge is -2.14. The molecule has 0 radical (unpaired) electrons. The van der Waals surface area contributed by atoms with Crippen molar-refractivity contribution < 1.29 is 14.6 Å². The van der Waals surface area contributed by atoms with Crippen LogP contribution in [-0.4, -0.2) is 68.3 Å². The van der Waals surface area contributed by atoms with Gasteiger partial charge in [-0.25, -0.2) is 9.67 Å². The number of aryl methyl sites for hydroxylation is 1. The summed E-state index contributed by atoms with van der Waals surface area (Å²) in [4.78, 5) is 17.3. The zero-order valence-electron chi connectivity index (χ0n) is 22.5. The van der Waals surface area contributed by atoms with E-state index in [-0.39, 0.29) is 18.4 Å². The fourth-order valence-corrected chi connectivity index (χ4v) is 4.25. The zero-order valence-corrected chi connectivity index (χ0v) is 22.5. The lowest BCUT2D eigenvalue weighted by atomic mass is 10.1. The van der Waals surface area contributed by atoms with Gasteiger partial charge in [-0.1, -0.05) is 12.1 Å². The third kappa shape index (κ3) is 6.76. The number of aromatic nitrogens is 5. The molecular formula is C28H37N7O3. The maximum absolute atomic E-state index is 12.3. The number of ether oxygens (including phenoxy) is 1. The van der Waals surface area contributed by atoms with Crippen molar-refractivity contribution in [3.05, 3.63) is 54.5 Å². The maximum atomic E-state index is 12.3. The van der Waals surface area contributed by atoms with Gasteiger partial charge in [-0.05, 0) is 58.0 Å². The molecule has 0 saturated carbocycles. The summed E-state index contributed by atoms with van der Waals surface area (Å²) < 4.78 is 9.37. The van der Waals surface area contributed by atoms with E-state index in [1.54, 1.807) is 24.0 Å². The molecule has 4 aromatic rings. The zero-order chi connectivity index (χ0) is 27.1. The van der Waals surface area contributed by atoms with Gasteiger partial charge in [0.05, 0.1) is 17.3 Å². The Hall–Kier alpha value is -3.76. The number of pyridine rings is 1. The van der Waals surface area contributed by atoms with Crippen LogP contribution >= 0.6 is 0 Å². The smallest absolute Gasteiger partial charge is 0.183 e. The summed E-state index contributed by atoms with van der Waals surface area (Å²) in [6.07, 6.45) is 5.13. The number of carbonyl (C=O) groups excluding carboxylic acids is 1. The summed E-state index contributed by atoms with van der Waals surface area (Å²) >= 11 is 0. The average Bonchev–Trinajstić information content (AvgIpc) is 3.54. The minimum atomic E-state index is -0.589. The number of hydrogen-bond acceptors (Lipinski definition) is 8. The van der Waals surface area contributed by atoms with E-state index in [2.05, 4.69) is 34.7 Å². The largest absolute Gasteiger partial charge is 0.491 e. The number of benzene rings is 1. The van der Waals surface area contributed by atoms with Crippen molar-refractivity contribution in [3.8, 4) is 17.0 Å². The number of aliphatic hydroxyl groups is 1. The van der Waals surface area contributed by atoms with E-state index in [1.807, 2.05) is 48.3 Å². The number of hydrogen-bond donors (Lipinski definition) is 3. The Balaban J connectivity index is 1.48. The van der Waals surface area contributed by atoms with Gasteiger partial charge in [0.25, 0.3) is 0 Å². The van der Waals surface area contributed by atoms with Gasteiger partial charge >= 0.3 is 0 Å². The SMILES string of the molecule is CNCC(O)COc1cccc(-c2cc(NCCCCC(=O)c3ccn(C)n3)c3cnn(C(C)C)c3n2)c1. The summed E-state index contributed by atoms with van der Waals surface area (Å²) in [6, 6.07) is 11.7. The number of anilines is 1.